The highest BCUT2D eigenvalue weighted by Crippen LogP contribution is 2.16. The number of rotatable bonds is 12. The smallest absolute Gasteiger partial charge is 0.408 e. The first-order chi connectivity index (χ1) is 19.4. The summed E-state index contributed by atoms with van der Waals surface area (Å²) in [5.74, 6) is -0.602. The molecule has 0 aromatic heterocycles. The van der Waals surface area contributed by atoms with Gasteiger partial charge in [-0.25, -0.2) is 4.79 Å². The molecule has 0 saturated heterocycles. The van der Waals surface area contributed by atoms with Gasteiger partial charge in [0.05, 0.1) is 0 Å². The van der Waals surface area contributed by atoms with Gasteiger partial charge < -0.3 is 25.8 Å². The highest BCUT2D eigenvalue weighted by Gasteiger charge is 2.37. The molecule has 3 rings (SSSR count). The first-order valence-corrected chi connectivity index (χ1v) is 13.9. The molecule has 41 heavy (non-hydrogen) atoms. The van der Waals surface area contributed by atoms with E-state index in [1.165, 1.54) is 0 Å². The highest BCUT2D eigenvalue weighted by atomic mass is 16.6. The van der Waals surface area contributed by atoms with Gasteiger partial charge in [-0.3, -0.25) is 9.59 Å². The third kappa shape index (κ3) is 10.6. The zero-order valence-corrected chi connectivity index (χ0v) is 24.3. The van der Waals surface area contributed by atoms with Crippen LogP contribution in [0.4, 0.5) is 4.79 Å². The van der Waals surface area contributed by atoms with Crippen LogP contribution < -0.4 is 16.0 Å². The van der Waals surface area contributed by atoms with Gasteiger partial charge in [0.25, 0.3) is 0 Å². The molecule has 8 nitrogen and oxygen atoms in total. The molecule has 0 fully saturated rings. The summed E-state index contributed by atoms with van der Waals surface area (Å²) in [6, 6.07) is 24.8. The van der Waals surface area contributed by atoms with Gasteiger partial charge in [0.15, 0.2) is 0 Å². The van der Waals surface area contributed by atoms with Crippen molar-refractivity contribution in [2.45, 2.75) is 70.6 Å². The number of hydrogen-bond donors (Lipinski definition) is 4. The number of alkyl carbamates (subject to hydrolysis) is 1. The molecule has 0 heterocycles. The van der Waals surface area contributed by atoms with Gasteiger partial charge in [-0.15, -0.1) is 0 Å². The Morgan fingerprint density at radius 1 is 0.805 bits per heavy atom. The van der Waals surface area contributed by atoms with Crippen molar-refractivity contribution in [2.75, 3.05) is 6.54 Å². The molecule has 3 amide bonds. The Kier molecular flexibility index (Phi) is 10.9. The van der Waals surface area contributed by atoms with E-state index in [9.17, 15) is 19.5 Å². The standard InChI is InChI=1S/C33H41N3O5/c1-32(2,3)41-31(40)35-28(22-25-12-7-5-8-13-25)29(38)36-33(4,23-26-14-9-6-10-15-26)30(39)34-21-11-16-24-17-19-27(37)20-18-24/h5-10,12-15,17-20,28,37H,11,16,21-23H2,1-4H3,(H,34,39)(H,35,40)(H,36,38)/t28-,33?/m0/s1. The number of ether oxygens (including phenoxy) is 1. The number of carbonyl (C=O) groups is 3. The SMILES string of the molecule is CC(C)(C)OC(=O)N[C@@H](Cc1ccccc1)C(=O)NC(C)(Cc1ccccc1)C(=O)NCCCc1ccc(O)cc1. The third-order valence-electron chi connectivity index (χ3n) is 6.45. The summed E-state index contributed by atoms with van der Waals surface area (Å²) in [4.78, 5) is 40.0. The number of phenols is 1. The van der Waals surface area contributed by atoms with Crippen LogP contribution in [0.1, 0.15) is 50.8 Å². The zero-order valence-electron chi connectivity index (χ0n) is 24.3. The molecule has 0 spiro atoms. The molecule has 0 radical (unpaired) electrons. The van der Waals surface area contributed by atoms with E-state index in [1.807, 2.05) is 72.8 Å². The van der Waals surface area contributed by atoms with Crippen LogP contribution in [0.25, 0.3) is 0 Å². The predicted molar refractivity (Wildman–Crippen MR) is 159 cm³/mol. The number of benzene rings is 3. The van der Waals surface area contributed by atoms with Gasteiger partial charge in [0.2, 0.25) is 11.8 Å². The quantitative estimate of drug-likeness (QED) is 0.240. The van der Waals surface area contributed by atoms with Crippen LogP contribution >= 0.6 is 0 Å². The number of phenolic OH excluding ortho intramolecular Hbond substituents is 1. The number of aromatic hydroxyl groups is 1. The van der Waals surface area contributed by atoms with Crippen molar-refractivity contribution in [3.8, 4) is 5.75 Å². The molecule has 2 atom stereocenters. The molecular weight excluding hydrogens is 518 g/mol. The molecule has 3 aromatic rings. The largest absolute Gasteiger partial charge is 0.508 e. The maximum atomic E-state index is 13.7. The van der Waals surface area contributed by atoms with Crippen LogP contribution in [0.3, 0.4) is 0 Å². The van der Waals surface area contributed by atoms with Crippen molar-refractivity contribution in [3.05, 3.63) is 102 Å². The normalized spacial score (nSPS) is 13.4. The summed E-state index contributed by atoms with van der Waals surface area (Å²) in [6.07, 6.45) is 1.18. The Morgan fingerprint density at radius 3 is 1.98 bits per heavy atom. The summed E-state index contributed by atoms with van der Waals surface area (Å²) in [5, 5.41) is 18.1. The minimum atomic E-state index is -1.29. The number of nitrogens with one attached hydrogen (secondary N) is 3. The van der Waals surface area contributed by atoms with Crippen LogP contribution in [-0.2, 0) is 33.6 Å². The summed E-state index contributed by atoms with van der Waals surface area (Å²) in [7, 11) is 0. The molecule has 218 valence electrons. The lowest BCUT2D eigenvalue weighted by atomic mass is 9.90. The Balaban J connectivity index is 1.75. The minimum absolute atomic E-state index is 0.209. The van der Waals surface area contributed by atoms with Crippen molar-refractivity contribution in [1.82, 2.24) is 16.0 Å². The Hall–Kier alpha value is -4.33. The van der Waals surface area contributed by atoms with E-state index >= 15 is 0 Å². The molecule has 4 N–H and O–H groups in total. The monoisotopic (exact) mass is 559 g/mol. The second kappa shape index (κ2) is 14.3. The van der Waals surface area contributed by atoms with Crippen molar-refractivity contribution in [2.24, 2.45) is 0 Å². The lowest BCUT2D eigenvalue weighted by Gasteiger charge is -2.32. The Morgan fingerprint density at radius 2 is 1.39 bits per heavy atom. The molecule has 8 heteroatoms. The van der Waals surface area contributed by atoms with Crippen molar-refractivity contribution >= 4 is 17.9 Å². The average Bonchev–Trinajstić information content (AvgIpc) is 2.91. The van der Waals surface area contributed by atoms with Crippen LogP contribution in [-0.4, -0.2) is 46.7 Å². The van der Waals surface area contributed by atoms with E-state index in [4.69, 9.17) is 4.74 Å². The zero-order chi connectivity index (χ0) is 29.9. The van der Waals surface area contributed by atoms with E-state index in [-0.39, 0.29) is 24.5 Å². The molecule has 0 bridgehead atoms. The maximum absolute atomic E-state index is 13.7. The van der Waals surface area contributed by atoms with E-state index in [2.05, 4.69) is 16.0 Å². The molecule has 0 saturated carbocycles. The molecule has 3 aromatic carbocycles. The first-order valence-electron chi connectivity index (χ1n) is 13.9. The van der Waals surface area contributed by atoms with Crippen LogP contribution in [0.15, 0.2) is 84.9 Å². The minimum Gasteiger partial charge on any atom is -0.508 e. The fourth-order valence-corrected chi connectivity index (χ4v) is 4.41. The topological polar surface area (TPSA) is 117 Å². The second-order valence-electron chi connectivity index (χ2n) is 11.4. The number of hydrogen-bond acceptors (Lipinski definition) is 5. The van der Waals surface area contributed by atoms with E-state index in [1.54, 1.807) is 39.8 Å². The summed E-state index contributed by atoms with van der Waals surface area (Å²) in [6.45, 7) is 7.36. The van der Waals surface area contributed by atoms with Crippen LogP contribution in [0.5, 0.6) is 5.75 Å². The summed E-state index contributed by atoms with van der Waals surface area (Å²) in [5.41, 5.74) is 0.761. The number of carbonyl (C=O) groups excluding carboxylic acids is 3. The molecular formula is C33H41N3O5. The Bertz CT molecular complexity index is 1270. The molecule has 0 aliphatic carbocycles. The van der Waals surface area contributed by atoms with Crippen molar-refractivity contribution < 1.29 is 24.2 Å². The fourth-order valence-electron chi connectivity index (χ4n) is 4.41. The first kappa shape index (κ1) is 31.2. The lowest BCUT2D eigenvalue weighted by Crippen LogP contribution is -2.62. The second-order valence-corrected chi connectivity index (χ2v) is 11.4. The molecule has 0 aliphatic heterocycles. The maximum Gasteiger partial charge on any atom is 0.408 e. The van der Waals surface area contributed by atoms with Gasteiger partial charge in [0.1, 0.15) is 22.9 Å². The van der Waals surface area contributed by atoms with Crippen LogP contribution in [0.2, 0.25) is 0 Å². The van der Waals surface area contributed by atoms with Crippen molar-refractivity contribution in [3.63, 3.8) is 0 Å². The van der Waals surface area contributed by atoms with Gasteiger partial charge in [-0.1, -0.05) is 72.8 Å². The molecule has 1 unspecified atom stereocenters. The highest BCUT2D eigenvalue weighted by molar-refractivity contribution is 5.94. The third-order valence-corrected chi connectivity index (χ3v) is 6.45. The van der Waals surface area contributed by atoms with E-state index in [0.29, 0.717) is 13.0 Å². The molecule has 0 aliphatic rings. The Labute approximate surface area is 242 Å². The van der Waals surface area contributed by atoms with Gasteiger partial charge >= 0.3 is 6.09 Å². The van der Waals surface area contributed by atoms with Crippen molar-refractivity contribution in [1.29, 1.82) is 0 Å². The number of amides is 3. The lowest BCUT2D eigenvalue weighted by molar-refractivity contribution is -0.133. The fraction of sp³-hybridized carbons (Fsp3) is 0.364. The summed E-state index contributed by atoms with van der Waals surface area (Å²) >= 11 is 0. The summed E-state index contributed by atoms with van der Waals surface area (Å²) < 4.78 is 5.41. The van der Waals surface area contributed by atoms with E-state index < -0.39 is 29.2 Å². The average molecular weight is 560 g/mol. The van der Waals surface area contributed by atoms with Gasteiger partial charge in [-0.2, -0.15) is 0 Å². The van der Waals surface area contributed by atoms with Crippen LogP contribution in [0, 0.1) is 0 Å². The number of aryl methyl sites for hydroxylation is 1. The van der Waals surface area contributed by atoms with E-state index in [0.717, 1.165) is 23.1 Å². The predicted octanol–water partition coefficient (Wildman–Crippen LogP) is 4.69. The van der Waals surface area contributed by atoms with Gasteiger partial charge in [-0.05, 0) is 69.4 Å². The van der Waals surface area contributed by atoms with Gasteiger partial charge in [0, 0.05) is 19.4 Å².